The number of phosphoric ester groups is 2. The van der Waals surface area contributed by atoms with Crippen molar-refractivity contribution in [2.24, 2.45) is 11.8 Å². The Morgan fingerprint density at radius 1 is 0.271 bits per heavy atom. The van der Waals surface area contributed by atoms with Gasteiger partial charge < -0.3 is 33.8 Å². The van der Waals surface area contributed by atoms with E-state index in [1.165, 1.54) is 289 Å². The first kappa shape index (κ1) is 105. The molecule has 0 aliphatic rings. The smallest absolute Gasteiger partial charge is 0.462 e. The van der Waals surface area contributed by atoms with Crippen molar-refractivity contribution in [1.82, 2.24) is 0 Å². The Morgan fingerprint density at radius 2 is 0.477 bits per heavy atom. The Labute approximate surface area is 658 Å². The van der Waals surface area contributed by atoms with Gasteiger partial charge in [-0.3, -0.25) is 37.3 Å². The molecule has 0 saturated carbocycles. The maximum Gasteiger partial charge on any atom is 0.472 e. The summed E-state index contributed by atoms with van der Waals surface area (Å²) < 4.78 is 69.0. The van der Waals surface area contributed by atoms with Gasteiger partial charge in [0.1, 0.15) is 19.3 Å². The van der Waals surface area contributed by atoms with Crippen molar-refractivity contribution < 1.29 is 80.2 Å². The molecular formula is C88H172O17P2. The van der Waals surface area contributed by atoms with E-state index in [0.29, 0.717) is 25.7 Å². The van der Waals surface area contributed by atoms with E-state index in [1.807, 2.05) is 0 Å². The molecule has 0 fully saturated rings. The zero-order valence-corrected chi connectivity index (χ0v) is 72.2. The highest BCUT2D eigenvalue weighted by atomic mass is 31.2. The first-order valence-electron chi connectivity index (χ1n) is 45.5. The lowest BCUT2D eigenvalue weighted by atomic mass is 9.99. The minimum absolute atomic E-state index is 0.108. The molecule has 0 bridgehead atoms. The summed E-state index contributed by atoms with van der Waals surface area (Å²) in [5.41, 5.74) is 0. The van der Waals surface area contributed by atoms with Crippen molar-refractivity contribution in [3.05, 3.63) is 0 Å². The second kappa shape index (κ2) is 79.3. The molecule has 0 aromatic heterocycles. The fourth-order valence-electron chi connectivity index (χ4n) is 13.7. The first-order chi connectivity index (χ1) is 51.9. The van der Waals surface area contributed by atoms with Crippen LogP contribution in [0.2, 0.25) is 0 Å². The van der Waals surface area contributed by atoms with Gasteiger partial charge in [-0.1, -0.05) is 420 Å². The standard InChI is InChI=1S/C88H172O17P2/c1-7-10-12-14-16-18-20-21-22-23-24-25-26-27-28-29-36-42-48-54-60-66-72-87(92)105-84(77-99-86(91)71-65-59-53-47-41-35-31-30-34-40-45-51-57-63-69-81(6)9-3)79-103-107(96,97)101-75-82(89)74-100-106(94,95)102-78-83(76-98-85(90)70-64-58-52-46-38-19-17-15-13-11-8-2)104-88(93)73-67-61-55-49-43-37-32-33-39-44-50-56-62-68-80(4)5/h80-84,89H,7-79H2,1-6H3,(H,94,95)(H,96,97)/t81?,82-,83+,84+/m0/s1. The molecule has 3 unspecified atom stereocenters. The normalized spacial score (nSPS) is 14.0. The van der Waals surface area contributed by atoms with Crippen LogP contribution in [0.3, 0.4) is 0 Å². The Kier molecular flexibility index (Phi) is 77.9. The Balaban J connectivity index is 5.23. The van der Waals surface area contributed by atoms with E-state index < -0.39 is 97.5 Å². The second-order valence-corrected chi connectivity index (χ2v) is 35.3. The molecule has 0 saturated heterocycles. The average molecular weight is 1560 g/mol. The third-order valence-electron chi connectivity index (χ3n) is 21.1. The van der Waals surface area contributed by atoms with Crippen molar-refractivity contribution in [3.8, 4) is 0 Å². The molecule has 0 aromatic rings. The van der Waals surface area contributed by atoms with Gasteiger partial charge in [-0.05, 0) is 37.5 Å². The molecule has 0 radical (unpaired) electrons. The largest absolute Gasteiger partial charge is 0.472 e. The van der Waals surface area contributed by atoms with E-state index in [1.54, 1.807) is 0 Å². The predicted molar refractivity (Wildman–Crippen MR) is 442 cm³/mol. The number of unbranched alkanes of at least 4 members (excludes halogenated alkanes) is 56. The van der Waals surface area contributed by atoms with Gasteiger partial charge in [0.05, 0.1) is 26.4 Å². The van der Waals surface area contributed by atoms with Crippen molar-refractivity contribution in [3.63, 3.8) is 0 Å². The van der Waals surface area contributed by atoms with Crippen LogP contribution in [0.1, 0.15) is 472 Å². The molecule has 0 rings (SSSR count). The van der Waals surface area contributed by atoms with Crippen molar-refractivity contribution in [2.45, 2.75) is 490 Å². The van der Waals surface area contributed by atoms with E-state index in [0.717, 1.165) is 102 Å². The number of hydrogen-bond acceptors (Lipinski definition) is 15. The van der Waals surface area contributed by atoms with Gasteiger partial charge in [-0.15, -0.1) is 0 Å². The van der Waals surface area contributed by atoms with Crippen LogP contribution in [0, 0.1) is 11.8 Å². The molecule has 3 N–H and O–H groups in total. The lowest BCUT2D eigenvalue weighted by Gasteiger charge is -2.21. The van der Waals surface area contributed by atoms with Gasteiger partial charge in [-0.25, -0.2) is 9.13 Å². The lowest BCUT2D eigenvalue weighted by Crippen LogP contribution is -2.30. The summed E-state index contributed by atoms with van der Waals surface area (Å²) in [4.78, 5) is 73.3. The Morgan fingerprint density at radius 3 is 0.710 bits per heavy atom. The molecule has 17 nitrogen and oxygen atoms in total. The van der Waals surface area contributed by atoms with Gasteiger partial charge >= 0.3 is 39.5 Å². The second-order valence-electron chi connectivity index (χ2n) is 32.4. The molecule has 0 aliphatic carbocycles. The fourth-order valence-corrected chi connectivity index (χ4v) is 15.3. The van der Waals surface area contributed by atoms with E-state index in [9.17, 15) is 43.2 Å². The Hall–Kier alpha value is -1.94. The fraction of sp³-hybridized carbons (Fsp3) is 0.955. The van der Waals surface area contributed by atoms with Crippen LogP contribution in [0.4, 0.5) is 0 Å². The number of ether oxygens (including phenoxy) is 4. The first-order valence-corrected chi connectivity index (χ1v) is 48.5. The molecule has 0 heterocycles. The number of carbonyl (C=O) groups is 4. The highest BCUT2D eigenvalue weighted by Crippen LogP contribution is 2.45. The van der Waals surface area contributed by atoms with Gasteiger partial charge in [-0.2, -0.15) is 0 Å². The molecule has 0 spiro atoms. The van der Waals surface area contributed by atoms with E-state index in [4.69, 9.17) is 37.0 Å². The van der Waals surface area contributed by atoms with Crippen molar-refractivity contribution >= 4 is 39.5 Å². The zero-order valence-electron chi connectivity index (χ0n) is 70.5. The monoisotopic (exact) mass is 1560 g/mol. The highest BCUT2D eigenvalue weighted by Gasteiger charge is 2.31. The lowest BCUT2D eigenvalue weighted by molar-refractivity contribution is -0.161. The minimum atomic E-state index is -4.97. The summed E-state index contributed by atoms with van der Waals surface area (Å²) in [6.45, 7) is 9.75. The van der Waals surface area contributed by atoms with Crippen molar-refractivity contribution in [1.29, 1.82) is 0 Å². The third kappa shape index (κ3) is 80.5. The maximum absolute atomic E-state index is 13.2. The number of esters is 4. The van der Waals surface area contributed by atoms with Crippen molar-refractivity contribution in [2.75, 3.05) is 39.6 Å². The number of rotatable bonds is 87. The van der Waals surface area contributed by atoms with Crippen LogP contribution in [0.15, 0.2) is 0 Å². The van der Waals surface area contributed by atoms with E-state index in [2.05, 4.69) is 41.5 Å². The maximum atomic E-state index is 13.2. The summed E-state index contributed by atoms with van der Waals surface area (Å²) in [5.74, 6) is -0.463. The molecule has 0 amide bonds. The van der Waals surface area contributed by atoms with Crippen LogP contribution in [0.5, 0.6) is 0 Å². The topological polar surface area (TPSA) is 237 Å². The number of hydrogen-bond donors (Lipinski definition) is 3. The predicted octanol–water partition coefficient (Wildman–Crippen LogP) is 27.0. The summed E-state index contributed by atoms with van der Waals surface area (Å²) in [6, 6.07) is 0. The SMILES string of the molecule is CCCCCCCCCCCCCCCCCCCCCCCCC(=O)O[C@H](COC(=O)CCCCCCCCCCCCCCCCC(C)CC)COP(=O)(O)OC[C@@H](O)COP(=O)(O)OC[C@@H](COC(=O)CCCCCCCCCCCCC)OC(=O)CCCCCCCCCCCCCCCC(C)C. The number of carbonyl (C=O) groups excluding carboxylic acids is 4. The molecule has 107 heavy (non-hydrogen) atoms. The highest BCUT2D eigenvalue weighted by molar-refractivity contribution is 7.47. The van der Waals surface area contributed by atoms with Crippen LogP contribution in [0.25, 0.3) is 0 Å². The molecule has 636 valence electrons. The summed E-state index contributed by atoms with van der Waals surface area (Å²) in [7, 11) is -9.93. The van der Waals surface area contributed by atoms with Crippen LogP contribution < -0.4 is 0 Å². The third-order valence-corrected chi connectivity index (χ3v) is 23.0. The van der Waals surface area contributed by atoms with E-state index >= 15 is 0 Å². The molecule has 0 aliphatic heterocycles. The summed E-state index contributed by atoms with van der Waals surface area (Å²) in [6.07, 6.45) is 72.1. The number of aliphatic hydroxyl groups is 1. The van der Waals surface area contributed by atoms with Crippen LogP contribution >= 0.6 is 15.6 Å². The van der Waals surface area contributed by atoms with Crippen LogP contribution in [-0.4, -0.2) is 96.7 Å². The van der Waals surface area contributed by atoms with E-state index in [-0.39, 0.29) is 25.7 Å². The minimum Gasteiger partial charge on any atom is -0.462 e. The van der Waals surface area contributed by atoms with Crippen LogP contribution in [-0.2, 0) is 65.4 Å². The van der Waals surface area contributed by atoms with Gasteiger partial charge in [0.15, 0.2) is 12.2 Å². The summed E-state index contributed by atoms with van der Waals surface area (Å²) in [5, 5.41) is 10.7. The quantitative estimate of drug-likeness (QED) is 0.0222. The van der Waals surface area contributed by atoms with Gasteiger partial charge in [0.25, 0.3) is 0 Å². The van der Waals surface area contributed by atoms with Gasteiger partial charge in [0.2, 0.25) is 0 Å². The Bertz CT molecular complexity index is 2050. The number of aliphatic hydroxyl groups excluding tert-OH is 1. The molecule has 6 atom stereocenters. The average Bonchev–Trinajstić information content (AvgIpc) is 0.896. The molecule has 0 aromatic carbocycles. The van der Waals surface area contributed by atoms with Gasteiger partial charge in [0, 0.05) is 25.7 Å². The zero-order chi connectivity index (χ0) is 78.5. The molecular weight excluding hydrogens is 1390 g/mol. The summed E-state index contributed by atoms with van der Waals surface area (Å²) >= 11 is 0. The number of phosphoric acid groups is 2. The molecule has 19 heteroatoms.